The van der Waals surface area contributed by atoms with Crippen LogP contribution in [0.1, 0.15) is 159 Å². The Labute approximate surface area is 236 Å². The Morgan fingerprint density at radius 2 is 0.789 bits per heavy atom. The van der Waals surface area contributed by atoms with Crippen LogP contribution < -0.4 is 0 Å². The summed E-state index contributed by atoms with van der Waals surface area (Å²) in [4.78, 5) is 26.9. The lowest BCUT2D eigenvalue weighted by Crippen LogP contribution is -2.54. The van der Waals surface area contributed by atoms with Crippen LogP contribution in [-0.4, -0.2) is 17.7 Å². The Bertz CT molecular complexity index is 596. The second kappa shape index (κ2) is 16.9. The van der Waals surface area contributed by atoms with Gasteiger partial charge in [0.1, 0.15) is 0 Å². The van der Waals surface area contributed by atoms with E-state index >= 15 is 0 Å². The Morgan fingerprint density at radius 1 is 0.500 bits per heavy atom. The predicted molar refractivity (Wildman–Crippen MR) is 160 cm³/mol. The van der Waals surface area contributed by atoms with Crippen LogP contribution >= 0.6 is 0 Å². The van der Waals surface area contributed by atoms with Crippen molar-refractivity contribution in [1.82, 2.24) is 0 Å². The lowest BCUT2D eigenvalue weighted by atomic mass is 9.75. The van der Waals surface area contributed by atoms with Gasteiger partial charge in [0.2, 0.25) is 0 Å². The quantitative estimate of drug-likeness (QED) is 0.115. The zero-order valence-electron chi connectivity index (χ0n) is 27.0. The molecule has 224 valence electrons. The van der Waals surface area contributed by atoms with Crippen molar-refractivity contribution in [3.63, 3.8) is 0 Å². The van der Waals surface area contributed by atoms with Crippen molar-refractivity contribution in [3.8, 4) is 0 Å². The first-order valence-electron chi connectivity index (χ1n) is 16.1. The Kier molecular flexibility index (Phi) is 15.6. The zero-order valence-corrected chi connectivity index (χ0v) is 27.0. The fourth-order valence-corrected chi connectivity index (χ4v) is 5.81. The number of esters is 2. The largest absolute Gasteiger partial charge is 0.422 e. The monoisotopic (exact) mass is 536 g/mol. The molecule has 1 saturated heterocycles. The third kappa shape index (κ3) is 13.3. The van der Waals surface area contributed by atoms with Gasteiger partial charge in [-0.15, -0.1) is 0 Å². The van der Waals surface area contributed by atoms with Gasteiger partial charge in [-0.1, -0.05) is 132 Å². The molecule has 0 aromatic heterocycles. The average molecular weight is 537 g/mol. The molecule has 1 fully saturated rings. The maximum absolute atomic E-state index is 13.4. The zero-order chi connectivity index (χ0) is 28.9. The van der Waals surface area contributed by atoms with Gasteiger partial charge in [-0.3, -0.25) is 9.59 Å². The van der Waals surface area contributed by atoms with Crippen LogP contribution in [0.3, 0.4) is 0 Å². The lowest BCUT2D eigenvalue weighted by molar-refractivity contribution is -0.252. The first-order valence-corrected chi connectivity index (χ1v) is 16.1. The van der Waals surface area contributed by atoms with E-state index in [1.165, 1.54) is 51.4 Å². The minimum Gasteiger partial charge on any atom is -0.422 e. The first-order chi connectivity index (χ1) is 17.7. The van der Waals surface area contributed by atoms with E-state index in [1.807, 2.05) is 0 Å². The van der Waals surface area contributed by atoms with Crippen molar-refractivity contribution in [2.45, 2.75) is 165 Å². The summed E-state index contributed by atoms with van der Waals surface area (Å²) in [5.41, 5.74) is -1.14. The van der Waals surface area contributed by atoms with Crippen LogP contribution in [0.4, 0.5) is 0 Å². The number of ether oxygens (including phenoxy) is 2. The summed E-state index contributed by atoms with van der Waals surface area (Å²) in [6.07, 6.45) is 14.8. The molecular weight excluding hydrogens is 472 g/mol. The maximum Gasteiger partial charge on any atom is 0.326 e. The van der Waals surface area contributed by atoms with E-state index < -0.39 is 11.2 Å². The lowest BCUT2D eigenvalue weighted by Gasteiger charge is -2.40. The SMILES string of the molecule is CC(C)CCC(CCCC1(CCCC(CCC(C)C)CCC(C)C)C(=O)OC(C)(C)OC1=O)CCC(C)C. The van der Waals surface area contributed by atoms with Gasteiger partial charge in [0.25, 0.3) is 5.79 Å². The van der Waals surface area contributed by atoms with E-state index in [0.717, 1.165) is 25.7 Å². The van der Waals surface area contributed by atoms with Gasteiger partial charge in [0, 0.05) is 13.8 Å². The van der Waals surface area contributed by atoms with Crippen molar-refractivity contribution in [1.29, 1.82) is 0 Å². The molecule has 0 spiro atoms. The van der Waals surface area contributed by atoms with Crippen molar-refractivity contribution < 1.29 is 19.1 Å². The summed E-state index contributed by atoms with van der Waals surface area (Å²) >= 11 is 0. The van der Waals surface area contributed by atoms with E-state index in [1.54, 1.807) is 13.8 Å². The molecule has 0 aliphatic carbocycles. The van der Waals surface area contributed by atoms with E-state index in [2.05, 4.69) is 55.4 Å². The highest BCUT2D eigenvalue weighted by Crippen LogP contribution is 2.42. The summed E-state index contributed by atoms with van der Waals surface area (Å²) in [5.74, 6) is 2.22. The minimum absolute atomic E-state index is 0.361. The van der Waals surface area contributed by atoms with Gasteiger partial charge >= 0.3 is 11.9 Å². The molecule has 0 N–H and O–H groups in total. The molecule has 0 atom stereocenters. The third-order valence-corrected chi connectivity index (χ3v) is 8.50. The number of cyclic esters (lactones) is 2. The van der Waals surface area contributed by atoms with Crippen LogP contribution in [0.15, 0.2) is 0 Å². The van der Waals surface area contributed by atoms with Gasteiger partial charge < -0.3 is 9.47 Å². The van der Waals surface area contributed by atoms with Gasteiger partial charge in [0.05, 0.1) is 0 Å². The summed E-state index contributed by atoms with van der Waals surface area (Å²) in [6.45, 7) is 21.7. The molecule has 1 heterocycles. The molecule has 0 radical (unpaired) electrons. The van der Waals surface area contributed by atoms with E-state index in [4.69, 9.17) is 9.47 Å². The number of carbonyl (C=O) groups is 2. The molecule has 0 bridgehead atoms. The van der Waals surface area contributed by atoms with Gasteiger partial charge in [-0.05, 0) is 48.3 Å². The molecule has 1 rings (SSSR count). The molecular formula is C34H64O4. The molecule has 0 aromatic carbocycles. The molecule has 1 aliphatic rings. The van der Waals surface area contributed by atoms with Crippen LogP contribution in [0.25, 0.3) is 0 Å². The fraction of sp³-hybridized carbons (Fsp3) is 0.941. The van der Waals surface area contributed by atoms with Crippen LogP contribution in [0.2, 0.25) is 0 Å². The second-order valence-electron chi connectivity index (χ2n) is 14.7. The van der Waals surface area contributed by atoms with E-state index in [-0.39, 0.29) is 11.9 Å². The first kappa shape index (κ1) is 35.0. The van der Waals surface area contributed by atoms with Crippen molar-refractivity contribution in [3.05, 3.63) is 0 Å². The molecule has 0 aromatic rings. The highest BCUT2D eigenvalue weighted by molar-refractivity contribution is 6.01. The third-order valence-electron chi connectivity index (χ3n) is 8.50. The smallest absolute Gasteiger partial charge is 0.326 e. The summed E-state index contributed by atoms with van der Waals surface area (Å²) in [5, 5.41) is 0. The maximum atomic E-state index is 13.4. The van der Waals surface area contributed by atoms with Gasteiger partial charge in [-0.2, -0.15) is 0 Å². The second-order valence-corrected chi connectivity index (χ2v) is 14.7. The minimum atomic E-state index is -1.17. The topological polar surface area (TPSA) is 52.6 Å². The molecule has 1 aliphatic heterocycles. The Morgan fingerprint density at radius 3 is 1.05 bits per heavy atom. The summed E-state index contributed by atoms with van der Waals surface area (Å²) in [6, 6.07) is 0. The molecule has 0 saturated carbocycles. The van der Waals surface area contributed by atoms with Crippen molar-refractivity contribution in [2.75, 3.05) is 0 Å². The Hall–Kier alpha value is -1.06. The number of carbonyl (C=O) groups excluding carboxylic acids is 2. The molecule has 38 heavy (non-hydrogen) atoms. The van der Waals surface area contributed by atoms with Crippen LogP contribution in [0, 0.1) is 40.9 Å². The number of hydrogen-bond acceptors (Lipinski definition) is 4. The van der Waals surface area contributed by atoms with E-state index in [9.17, 15) is 9.59 Å². The highest BCUT2D eigenvalue weighted by Gasteiger charge is 2.55. The van der Waals surface area contributed by atoms with E-state index in [0.29, 0.717) is 48.3 Å². The molecule has 4 heteroatoms. The standard InChI is InChI=1S/C34H64O4/c1-25(2)15-19-29(20-16-26(3)4)13-11-23-34(31(35)37-33(9,10)38-32(34)36)24-12-14-30(21-17-27(5)6)22-18-28(7)8/h25-30H,11-24H2,1-10H3. The fourth-order valence-electron chi connectivity index (χ4n) is 5.81. The number of rotatable bonds is 20. The van der Waals surface area contributed by atoms with Gasteiger partial charge in [-0.25, -0.2) is 0 Å². The average Bonchev–Trinajstić information content (AvgIpc) is 2.78. The Balaban J connectivity index is 2.92. The number of hydrogen-bond donors (Lipinski definition) is 0. The van der Waals surface area contributed by atoms with Crippen molar-refractivity contribution >= 4 is 11.9 Å². The van der Waals surface area contributed by atoms with Crippen molar-refractivity contribution in [2.24, 2.45) is 40.9 Å². The highest BCUT2D eigenvalue weighted by atomic mass is 16.7. The van der Waals surface area contributed by atoms with Crippen LogP contribution in [-0.2, 0) is 19.1 Å². The van der Waals surface area contributed by atoms with Crippen LogP contribution in [0.5, 0.6) is 0 Å². The molecule has 4 nitrogen and oxygen atoms in total. The summed E-state index contributed by atoms with van der Waals surface area (Å²) < 4.78 is 11.4. The van der Waals surface area contributed by atoms with Gasteiger partial charge in [0.15, 0.2) is 5.41 Å². The predicted octanol–water partition coefficient (Wildman–Crippen LogP) is 10.1. The normalized spacial score (nSPS) is 17.4. The summed E-state index contributed by atoms with van der Waals surface area (Å²) in [7, 11) is 0. The molecule has 0 unspecified atom stereocenters. The molecule has 0 amide bonds.